The fourth-order valence-electron chi connectivity index (χ4n) is 2.74. The van der Waals surface area contributed by atoms with Gasteiger partial charge in [0.25, 0.3) is 5.69 Å². The number of H-pyrrole nitrogens is 1. The van der Waals surface area contributed by atoms with Crippen LogP contribution in [0, 0.1) is 10.1 Å². The Morgan fingerprint density at radius 2 is 1.83 bits per heavy atom. The molecule has 0 aliphatic rings. The number of anilines is 2. The number of fused-ring (bicyclic) bond motifs is 1. The molecule has 0 saturated carbocycles. The van der Waals surface area contributed by atoms with Crippen molar-refractivity contribution in [1.29, 1.82) is 0 Å². The number of nitrogens with one attached hydrogen (secondary N) is 2. The van der Waals surface area contributed by atoms with Gasteiger partial charge in [-0.3, -0.25) is 15.2 Å². The minimum Gasteiger partial charge on any atom is -0.334 e. The van der Waals surface area contributed by atoms with Gasteiger partial charge in [-0.15, -0.1) is 0 Å². The van der Waals surface area contributed by atoms with Crippen LogP contribution in [0.1, 0.15) is 5.56 Å². The van der Waals surface area contributed by atoms with Crippen LogP contribution in [0.5, 0.6) is 0 Å². The molecule has 0 unspecified atom stereocenters. The summed E-state index contributed by atoms with van der Waals surface area (Å²) in [5, 5.41) is 21.1. The first-order valence-corrected chi connectivity index (χ1v) is 8.22. The molecule has 0 aliphatic heterocycles. The van der Waals surface area contributed by atoms with Gasteiger partial charge in [0.2, 0.25) is 0 Å². The normalized spacial score (nSPS) is 11.6. The molecule has 0 bridgehead atoms. The molecule has 0 aliphatic carbocycles. The first-order valence-electron chi connectivity index (χ1n) is 8.22. The number of nitro groups is 1. The predicted octanol–water partition coefficient (Wildman–Crippen LogP) is 4.69. The summed E-state index contributed by atoms with van der Waals surface area (Å²) in [5.74, 6) is 0.491. The van der Waals surface area contributed by atoms with Crippen molar-refractivity contribution in [3.05, 3.63) is 70.4 Å². The molecular weight excluding hydrogens is 389 g/mol. The molecule has 0 spiro atoms. The van der Waals surface area contributed by atoms with Gasteiger partial charge in [-0.2, -0.15) is 18.3 Å². The molecular formula is C18H11F3N6O2. The number of aromatic nitrogens is 4. The zero-order valence-electron chi connectivity index (χ0n) is 14.4. The molecule has 146 valence electrons. The van der Waals surface area contributed by atoms with Crippen molar-refractivity contribution in [1.82, 2.24) is 20.2 Å². The van der Waals surface area contributed by atoms with Crippen LogP contribution in [0.15, 0.2) is 54.7 Å². The molecule has 0 radical (unpaired) electrons. The zero-order chi connectivity index (χ0) is 20.6. The minimum absolute atomic E-state index is 0.136. The van der Waals surface area contributed by atoms with Crippen molar-refractivity contribution in [3.63, 3.8) is 0 Å². The highest BCUT2D eigenvalue weighted by molar-refractivity contribution is 5.90. The molecule has 4 rings (SSSR count). The Balaban J connectivity index is 1.82. The number of halogens is 3. The molecule has 2 heterocycles. The summed E-state index contributed by atoms with van der Waals surface area (Å²) in [6.07, 6.45) is -3.28. The molecule has 0 fully saturated rings. The van der Waals surface area contributed by atoms with E-state index in [0.717, 1.165) is 12.1 Å². The van der Waals surface area contributed by atoms with Crippen LogP contribution in [0.3, 0.4) is 0 Å². The van der Waals surface area contributed by atoms with Gasteiger partial charge < -0.3 is 5.32 Å². The van der Waals surface area contributed by atoms with Crippen LogP contribution in [0.25, 0.3) is 22.4 Å². The van der Waals surface area contributed by atoms with Gasteiger partial charge in [-0.1, -0.05) is 30.3 Å². The Bertz CT molecular complexity index is 1210. The lowest BCUT2D eigenvalue weighted by Crippen LogP contribution is -2.07. The molecule has 0 atom stereocenters. The van der Waals surface area contributed by atoms with E-state index in [-0.39, 0.29) is 11.5 Å². The van der Waals surface area contributed by atoms with Gasteiger partial charge in [0.1, 0.15) is 11.5 Å². The van der Waals surface area contributed by atoms with E-state index >= 15 is 0 Å². The number of aromatic amines is 1. The number of nitro benzene ring substituents is 1. The Kier molecular flexibility index (Phi) is 4.34. The number of alkyl halides is 3. The summed E-state index contributed by atoms with van der Waals surface area (Å²) in [5.41, 5.74) is -0.916. The lowest BCUT2D eigenvalue weighted by Gasteiger charge is -2.11. The van der Waals surface area contributed by atoms with Crippen LogP contribution in [-0.2, 0) is 6.18 Å². The van der Waals surface area contributed by atoms with Gasteiger partial charge in [-0.05, 0) is 12.1 Å². The summed E-state index contributed by atoms with van der Waals surface area (Å²) in [6, 6.07) is 11.2. The summed E-state index contributed by atoms with van der Waals surface area (Å²) in [6.45, 7) is 0. The standard InChI is InChI=1S/C18H11F3N6O2/c19-18(20,21)11-6-7-13(14(8-11)27(28)29)23-16-12-9-22-26-17(12)25-15(24-16)10-4-2-1-3-5-10/h1-9H,(H2,22,23,24,25,26). The first kappa shape index (κ1) is 18.3. The van der Waals surface area contributed by atoms with E-state index in [2.05, 4.69) is 25.5 Å². The van der Waals surface area contributed by atoms with Crippen molar-refractivity contribution >= 4 is 28.2 Å². The molecule has 2 aromatic carbocycles. The largest absolute Gasteiger partial charge is 0.416 e. The highest BCUT2D eigenvalue weighted by atomic mass is 19.4. The van der Waals surface area contributed by atoms with Crippen molar-refractivity contribution < 1.29 is 18.1 Å². The maximum absolute atomic E-state index is 12.9. The summed E-state index contributed by atoms with van der Waals surface area (Å²) < 4.78 is 38.8. The maximum atomic E-state index is 12.9. The topological polar surface area (TPSA) is 110 Å². The van der Waals surface area contributed by atoms with Crippen LogP contribution in [0.2, 0.25) is 0 Å². The Hall–Kier alpha value is -4.02. The second-order valence-electron chi connectivity index (χ2n) is 6.01. The van der Waals surface area contributed by atoms with Gasteiger partial charge in [-0.25, -0.2) is 9.97 Å². The number of hydrogen-bond acceptors (Lipinski definition) is 6. The van der Waals surface area contributed by atoms with E-state index in [1.54, 1.807) is 24.3 Å². The van der Waals surface area contributed by atoms with Crippen LogP contribution >= 0.6 is 0 Å². The molecule has 11 heteroatoms. The Labute approximate surface area is 160 Å². The average molecular weight is 400 g/mol. The molecule has 0 saturated heterocycles. The lowest BCUT2D eigenvalue weighted by molar-refractivity contribution is -0.384. The van der Waals surface area contributed by atoms with E-state index < -0.39 is 22.4 Å². The third-order valence-corrected chi connectivity index (χ3v) is 4.12. The van der Waals surface area contributed by atoms with Crippen molar-refractivity contribution in [2.24, 2.45) is 0 Å². The second-order valence-corrected chi connectivity index (χ2v) is 6.01. The number of rotatable bonds is 4. The van der Waals surface area contributed by atoms with Crippen LogP contribution in [-0.4, -0.2) is 25.1 Å². The van der Waals surface area contributed by atoms with Crippen LogP contribution in [0.4, 0.5) is 30.4 Å². The fourth-order valence-corrected chi connectivity index (χ4v) is 2.74. The first-order chi connectivity index (χ1) is 13.8. The molecule has 2 N–H and O–H groups in total. The zero-order valence-corrected chi connectivity index (χ0v) is 14.4. The fraction of sp³-hybridized carbons (Fsp3) is 0.0556. The predicted molar refractivity (Wildman–Crippen MR) is 98.5 cm³/mol. The summed E-state index contributed by atoms with van der Waals surface area (Å²) in [7, 11) is 0. The monoisotopic (exact) mass is 400 g/mol. The molecule has 0 amide bonds. The Morgan fingerprint density at radius 1 is 1.07 bits per heavy atom. The van der Waals surface area contributed by atoms with Gasteiger partial charge in [0, 0.05) is 11.6 Å². The van der Waals surface area contributed by atoms with Gasteiger partial charge in [0.15, 0.2) is 11.5 Å². The van der Waals surface area contributed by atoms with E-state index in [9.17, 15) is 23.3 Å². The number of benzene rings is 2. The van der Waals surface area contributed by atoms with E-state index in [4.69, 9.17) is 0 Å². The molecule has 2 aromatic heterocycles. The van der Waals surface area contributed by atoms with E-state index in [0.29, 0.717) is 28.5 Å². The SMILES string of the molecule is O=[N+]([O-])c1cc(C(F)(F)F)ccc1Nc1nc(-c2ccccc2)nc2[nH]ncc12. The van der Waals surface area contributed by atoms with Gasteiger partial charge in [0.05, 0.1) is 22.1 Å². The van der Waals surface area contributed by atoms with Crippen LogP contribution < -0.4 is 5.32 Å². The highest BCUT2D eigenvalue weighted by Gasteiger charge is 2.33. The lowest BCUT2D eigenvalue weighted by atomic mass is 10.1. The maximum Gasteiger partial charge on any atom is 0.416 e. The number of nitrogens with zero attached hydrogens (tertiary/aromatic N) is 4. The molecule has 29 heavy (non-hydrogen) atoms. The smallest absolute Gasteiger partial charge is 0.334 e. The Morgan fingerprint density at radius 3 is 2.52 bits per heavy atom. The van der Waals surface area contributed by atoms with Crippen molar-refractivity contribution in [2.75, 3.05) is 5.32 Å². The summed E-state index contributed by atoms with van der Waals surface area (Å²) >= 11 is 0. The molecule has 8 nitrogen and oxygen atoms in total. The average Bonchev–Trinajstić information content (AvgIpc) is 3.17. The third-order valence-electron chi connectivity index (χ3n) is 4.12. The van der Waals surface area contributed by atoms with Gasteiger partial charge >= 0.3 is 6.18 Å². The quantitative estimate of drug-likeness (QED) is 0.380. The third kappa shape index (κ3) is 3.57. The number of hydrogen-bond donors (Lipinski definition) is 2. The molecule has 4 aromatic rings. The van der Waals surface area contributed by atoms with Crippen molar-refractivity contribution in [3.8, 4) is 11.4 Å². The van der Waals surface area contributed by atoms with Crippen molar-refractivity contribution in [2.45, 2.75) is 6.18 Å². The second kappa shape index (κ2) is 6.86. The van der Waals surface area contributed by atoms with E-state index in [1.165, 1.54) is 6.20 Å². The minimum atomic E-state index is -4.70. The highest BCUT2D eigenvalue weighted by Crippen LogP contribution is 2.36. The summed E-state index contributed by atoms with van der Waals surface area (Å²) in [4.78, 5) is 19.2. The van der Waals surface area contributed by atoms with E-state index in [1.807, 2.05) is 6.07 Å².